The van der Waals surface area contributed by atoms with E-state index < -0.39 is 18.2 Å². The second-order valence-electron chi connectivity index (χ2n) is 10.2. The number of urea groups is 1. The van der Waals surface area contributed by atoms with Crippen molar-refractivity contribution in [1.82, 2.24) is 20.1 Å². The van der Waals surface area contributed by atoms with Crippen LogP contribution in [0.3, 0.4) is 0 Å². The summed E-state index contributed by atoms with van der Waals surface area (Å²) in [6.45, 7) is -1.23. The average Bonchev–Trinajstić information content (AvgIpc) is 3.40. The Kier molecular flexibility index (Phi) is 8.01. The minimum atomic E-state index is -3.11. The van der Waals surface area contributed by atoms with Gasteiger partial charge in [0.15, 0.2) is 0 Å². The fourth-order valence-electron chi connectivity index (χ4n) is 5.56. The zero-order valence-corrected chi connectivity index (χ0v) is 23.8. The predicted molar refractivity (Wildman–Crippen MR) is 166 cm³/mol. The van der Waals surface area contributed by atoms with Crippen molar-refractivity contribution in [2.24, 2.45) is 0 Å². The molecule has 0 saturated heterocycles. The molecule has 0 aliphatic heterocycles. The van der Waals surface area contributed by atoms with E-state index in [2.05, 4.69) is 20.7 Å². The van der Waals surface area contributed by atoms with Gasteiger partial charge >= 0.3 is 12.6 Å². The summed E-state index contributed by atoms with van der Waals surface area (Å²) in [5, 5.41) is 10.7. The number of hydrogen-bond acceptors (Lipinski definition) is 4. The largest absolute Gasteiger partial charge is 0.415 e. The number of hydrogen-bond donors (Lipinski definition) is 2. The van der Waals surface area contributed by atoms with Gasteiger partial charge in [-0.1, -0.05) is 121 Å². The van der Waals surface area contributed by atoms with Crippen molar-refractivity contribution in [3.8, 4) is 5.88 Å². The van der Waals surface area contributed by atoms with Crippen LogP contribution in [0.5, 0.6) is 5.88 Å². The van der Waals surface area contributed by atoms with Gasteiger partial charge in [-0.15, -0.1) is 5.10 Å². The first-order valence-electron chi connectivity index (χ1n) is 14.1. The van der Waals surface area contributed by atoms with Crippen LogP contribution in [0.25, 0.3) is 10.9 Å². The van der Waals surface area contributed by atoms with Crippen molar-refractivity contribution < 1.29 is 18.3 Å². The lowest BCUT2D eigenvalue weighted by atomic mass is 9.77. The highest BCUT2D eigenvalue weighted by Gasteiger charge is 2.41. The van der Waals surface area contributed by atoms with Crippen LogP contribution in [0, 0.1) is 0 Å². The van der Waals surface area contributed by atoms with E-state index in [1.807, 2.05) is 128 Å². The number of nitrogens with one attached hydrogen (secondary N) is 2. The molecule has 2 heterocycles. The van der Waals surface area contributed by atoms with Crippen LogP contribution in [0.4, 0.5) is 19.4 Å². The van der Waals surface area contributed by atoms with Crippen LogP contribution in [0.2, 0.25) is 0 Å². The number of benzene rings is 4. The molecular weight excluding hydrogens is 560 g/mol. The molecule has 0 bridgehead atoms. The number of carbonyl (C=O) groups is 1. The lowest BCUT2D eigenvalue weighted by Gasteiger charge is -2.36. The molecule has 2 N–H and O–H groups in total. The third-order valence-electron chi connectivity index (χ3n) is 7.51. The number of pyridine rings is 1. The van der Waals surface area contributed by atoms with E-state index >= 15 is 0 Å². The van der Waals surface area contributed by atoms with Crippen LogP contribution >= 0.6 is 0 Å². The smallest absolute Gasteiger partial charge is 0.388 e. The standard InChI is InChI=1S/C35H29F2N5O2/c1-24(25-14-6-2-7-15-25)39-34(43)40-31-22-30-29(23-38-31)32(44-33(36)37)41-42(30)35(26-16-8-3-9-17-26,27-18-10-4-11-19-27)28-20-12-5-13-21-28/h2-24,33H,1H3,(H2,38,39,40,43). The van der Waals surface area contributed by atoms with Crippen molar-refractivity contribution >= 4 is 22.8 Å². The van der Waals surface area contributed by atoms with Crippen molar-refractivity contribution in [3.63, 3.8) is 0 Å². The van der Waals surface area contributed by atoms with Gasteiger partial charge in [0.05, 0.1) is 16.9 Å². The Morgan fingerprint density at radius 2 is 1.30 bits per heavy atom. The highest BCUT2D eigenvalue weighted by atomic mass is 19.3. The number of carbonyl (C=O) groups excluding carboxylic acids is 1. The molecule has 0 spiro atoms. The molecule has 2 aromatic heterocycles. The number of ether oxygens (including phenoxy) is 1. The number of alkyl halides is 2. The first kappa shape index (κ1) is 28.5. The molecular formula is C35H29F2N5O2. The number of anilines is 1. The van der Waals surface area contributed by atoms with Crippen molar-refractivity contribution in [2.75, 3.05) is 5.32 Å². The Balaban J connectivity index is 1.54. The number of amides is 2. The zero-order chi connectivity index (χ0) is 30.5. The van der Waals surface area contributed by atoms with Gasteiger partial charge in [0.1, 0.15) is 11.4 Å². The van der Waals surface area contributed by atoms with E-state index in [0.29, 0.717) is 5.52 Å². The summed E-state index contributed by atoms with van der Waals surface area (Å²) < 4.78 is 34.0. The van der Waals surface area contributed by atoms with E-state index in [0.717, 1.165) is 22.3 Å². The molecule has 44 heavy (non-hydrogen) atoms. The monoisotopic (exact) mass is 589 g/mol. The highest BCUT2D eigenvalue weighted by molar-refractivity contribution is 5.92. The number of halogens is 2. The van der Waals surface area contributed by atoms with Crippen molar-refractivity contribution in [3.05, 3.63) is 156 Å². The van der Waals surface area contributed by atoms with Crippen LogP contribution in [-0.4, -0.2) is 27.4 Å². The maximum atomic E-state index is 13.7. The molecule has 1 atom stereocenters. The topological polar surface area (TPSA) is 81.1 Å². The van der Waals surface area contributed by atoms with E-state index in [1.165, 1.54) is 6.20 Å². The maximum Gasteiger partial charge on any atom is 0.388 e. The van der Waals surface area contributed by atoms with Gasteiger partial charge in [-0.25, -0.2) is 14.5 Å². The van der Waals surface area contributed by atoms with Gasteiger partial charge in [0.25, 0.3) is 0 Å². The molecule has 7 nitrogen and oxygen atoms in total. The molecule has 220 valence electrons. The normalized spacial score (nSPS) is 12.2. The molecule has 0 aliphatic carbocycles. The van der Waals surface area contributed by atoms with E-state index in [9.17, 15) is 13.6 Å². The Labute approximate surface area is 253 Å². The predicted octanol–water partition coefficient (Wildman–Crippen LogP) is 7.76. The van der Waals surface area contributed by atoms with Crippen LogP contribution < -0.4 is 15.4 Å². The lowest BCUT2D eigenvalue weighted by molar-refractivity contribution is -0.0524. The van der Waals surface area contributed by atoms with E-state index in [1.54, 1.807) is 10.7 Å². The number of aromatic nitrogens is 3. The van der Waals surface area contributed by atoms with Gasteiger partial charge in [0, 0.05) is 12.3 Å². The van der Waals surface area contributed by atoms with Crippen LogP contribution in [0.1, 0.15) is 35.2 Å². The summed E-state index contributed by atoms with van der Waals surface area (Å²) in [5.74, 6) is -0.0635. The van der Waals surface area contributed by atoms with Gasteiger partial charge in [0.2, 0.25) is 5.88 Å². The summed E-state index contributed by atoms with van der Waals surface area (Å²) in [7, 11) is 0. The Morgan fingerprint density at radius 3 is 1.80 bits per heavy atom. The van der Waals surface area contributed by atoms with Crippen molar-refractivity contribution in [1.29, 1.82) is 0 Å². The van der Waals surface area contributed by atoms with E-state index in [-0.39, 0.29) is 23.1 Å². The van der Waals surface area contributed by atoms with Gasteiger partial charge in [-0.3, -0.25) is 5.32 Å². The van der Waals surface area contributed by atoms with Gasteiger partial charge in [-0.05, 0) is 29.2 Å². The summed E-state index contributed by atoms with van der Waals surface area (Å²) in [5.41, 5.74) is 2.77. The molecule has 1 unspecified atom stereocenters. The summed E-state index contributed by atoms with van der Waals surface area (Å²) in [6, 6.07) is 39.6. The number of fused-ring (bicyclic) bond motifs is 1. The highest BCUT2D eigenvalue weighted by Crippen LogP contribution is 2.44. The first-order chi connectivity index (χ1) is 21.5. The minimum absolute atomic E-state index is 0.211. The fraction of sp³-hybridized carbons (Fsp3) is 0.114. The third-order valence-corrected chi connectivity index (χ3v) is 7.51. The minimum Gasteiger partial charge on any atom is -0.415 e. The SMILES string of the molecule is CC(NC(=O)Nc1cc2c(cn1)c(OC(F)F)nn2C(c1ccccc1)(c1ccccc1)c1ccccc1)c1ccccc1. The molecule has 0 radical (unpaired) electrons. The molecule has 2 amide bonds. The first-order valence-corrected chi connectivity index (χ1v) is 14.1. The lowest BCUT2D eigenvalue weighted by Crippen LogP contribution is -2.38. The van der Waals surface area contributed by atoms with Gasteiger partial charge in [-0.2, -0.15) is 8.78 Å². The summed E-state index contributed by atoms with van der Waals surface area (Å²) >= 11 is 0. The molecule has 4 aromatic carbocycles. The molecule has 0 saturated carbocycles. The Hall–Kier alpha value is -5.57. The Morgan fingerprint density at radius 1 is 0.795 bits per heavy atom. The maximum absolute atomic E-state index is 13.7. The van der Waals surface area contributed by atoms with E-state index in [4.69, 9.17) is 4.74 Å². The molecule has 9 heteroatoms. The number of rotatable bonds is 9. The van der Waals surface area contributed by atoms with Crippen molar-refractivity contribution in [2.45, 2.75) is 25.1 Å². The third kappa shape index (κ3) is 5.47. The summed E-state index contributed by atoms with van der Waals surface area (Å²) in [6.07, 6.45) is 1.39. The van der Waals surface area contributed by atoms with Crippen LogP contribution in [0.15, 0.2) is 134 Å². The Bertz CT molecular complexity index is 1750. The summed E-state index contributed by atoms with van der Waals surface area (Å²) in [4.78, 5) is 17.4. The fourth-order valence-corrected chi connectivity index (χ4v) is 5.56. The second kappa shape index (κ2) is 12.3. The molecule has 6 rings (SSSR count). The average molecular weight is 590 g/mol. The zero-order valence-electron chi connectivity index (χ0n) is 23.8. The molecule has 0 aliphatic rings. The molecule has 6 aromatic rings. The quantitative estimate of drug-likeness (QED) is 0.169. The number of nitrogens with zero attached hydrogens (tertiary/aromatic N) is 3. The second-order valence-corrected chi connectivity index (χ2v) is 10.2. The molecule has 0 fully saturated rings. The van der Waals surface area contributed by atoms with Crippen LogP contribution in [-0.2, 0) is 5.54 Å². The van der Waals surface area contributed by atoms with Gasteiger partial charge < -0.3 is 10.1 Å².